The number of ether oxygens (including phenoxy) is 1. The fourth-order valence-electron chi connectivity index (χ4n) is 1.71. The Morgan fingerprint density at radius 3 is 2.32 bits per heavy atom. The minimum absolute atomic E-state index is 0.0140. The van der Waals surface area contributed by atoms with Crippen molar-refractivity contribution in [2.45, 2.75) is 46.1 Å². The standard InChI is InChI=1S/C16H25NO2/c1-12(2)14-6-8-15(9-7-14)16(18)17-10-5-11-19-13(3)4/h6-9,12-13H,5,10-11H2,1-4H3,(H,17,18). The van der Waals surface area contributed by atoms with Gasteiger partial charge >= 0.3 is 0 Å². The zero-order valence-corrected chi connectivity index (χ0v) is 12.4. The maximum absolute atomic E-state index is 11.9. The zero-order valence-electron chi connectivity index (χ0n) is 12.4. The second-order valence-electron chi connectivity index (χ2n) is 5.31. The van der Waals surface area contributed by atoms with Crippen molar-refractivity contribution >= 4 is 5.91 Å². The summed E-state index contributed by atoms with van der Waals surface area (Å²) in [6.07, 6.45) is 1.09. The third-order valence-corrected chi connectivity index (χ3v) is 2.90. The summed E-state index contributed by atoms with van der Waals surface area (Å²) in [4.78, 5) is 11.9. The first kappa shape index (κ1) is 15.7. The van der Waals surface area contributed by atoms with E-state index in [1.165, 1.54) is 5.56 Å². The Hall–Kier alpha value is -1.35. The number of nitrogens with one attached hydrogen (secondary N) is 1. The van der Waals surface area contributed by atoms with E-state index >= 15 is 0 Å². The van der Waals surface area contributed by atoms with Crippen molar-refractivity contribution in [3.05, 3.63) is 35.4 Å². The fourth-order valence-corrected chi connectivity index (χ4v) is 1.71. The molecule has 3 heteroatoms. The van der Waals surface area contributed by atoms with Crippen LogP contribution < -0.4 is 5.32 Å². The predicted molar refractivity (Wildman–Crippen MR) is 78.6 cm³/mol. The fraction of sp³-hybridized carbons (Fsp3) is 0.562. The normalized spacial score (nSPS) is 11.1. The molecule has 0 aliphatic rings. The van der Waals surface area contributed by atoms with E-state index in [1.807, 2.05) is 38.1 Å². The smallest absolute Gasteiger partial charge is 0.251 e. The summed E-state index contributed by atoms with van der Waals surface area (Å²) in [6, 6.07) is 7.80. The Bertz CT molecular complexity index is 382. The van der Waals surface area contributed by atoms with Gasteiger partial charge in [0.05, 0.1) is 6.10 Å². The topological polar surface area (TPSA) is 38.3 Å². The van der Waals surface area contributed by atoms with Gasteiger partial charge in [-0.15, -0.1) is 0 Å². The first-order valence-corrected chi connectivity index (χ1v) is 7.00. The summed E-state index contributed by atoms with van der Waals surface area (Å²) in [5, 5.41) is 2.90. The number of carbonyl (C=O) groups is 1. The molecule has 0 bridgehead atoms. The van der Waals surface area contributed by atoms with Crippen molar-refractivity contribution in [1.29, 1.82) is 0 Å². The molecule has 1 rings (SSSR count). The molecule has 0 aromatic heterocycles. The van der Waals surface area contributed by atoms with Crippen LogP contribution in [0.4, 0.5) is 0 Å². The molecular formula is C16H25NO2. The highest BCUT2D eigenvalue weighted by Gasteiger charge is 2.05. The van der Waals surface area contributed by atoms with Crippen molar-refractivity contribution in [1.82, 2.24) is 5.32 Å². The van der Waals surface area contributed by atoms with E-state index in [4.69, 9.17) is 4.74 Å². The lowest BCUT2D eigenvalue weighted by Crippen LogP contribution is -2.25. The van der Waals surface area contributed by atoms with Gasteiger partial charge in [0.2, 0.25) is 0 Å². The Morgan fingerprint density at radius 1 is 1.16 bits per heavy atom. The number of amides is 1. The minimum Gasteiger partial charge on any atom is -0.379 e. The van der Waals surface area contributed by atoms with Crippen LogP contribution >= 0.6 is 0 Å². The molecule has 0 aliphatic heterocycles. The summed E-state index contributed by atoms with van der Waals surface area (Å²) >= 11 is 0. The molecule has 1 amide bonds. The molecule has 0 radical (unpaired) electrons. The molecule has 0 spiro atoms. The Kier molecular flexibility index (Phi) is 6.57. The van der Waals surface area contributed by atoms with Gasteiger partial charge in [0, 0.05) is 18.7 Å². The van der Waals surface area contributed by atoms with E-state index in [9.17, 15) is 4.79 Å². The monoisotopic (exact) mass is 263 g/mol. The molecule has 19 heavy (non-hydrogen) atoms. The molecule has 0 aliphatic carbocycles. The summed E-state index contributed by atoms with van der Waals surface area (Å²) < 4.78 is 5.42. The van der Waals surface area contributed by atoms with Gasteiger partial charge in [-0.25, -0.2) is 0 Å². The highest BCUT2D eigenvalue weighted by atomic mass is 16.5. The molecule has 0 atom stereocenters. The Morgan fingerprint density at radius 2 is 1.79 bits per heavy atom. The highest BCUT2D eigenvalue weighted by molar-refractivity contribution is 5.94. The first-order valence-electron chi connectivity index (χ1n) is 7.00. The van der Waals surface area contributed by atoms with E-state index in [0.29, 0.717) is 24.6 Å². The molecule has 1 aromatic rings. The lowest BCUT2D eigenvalue weighted by Gasteiger charge is -2.09. The first-order chi connectivity index (χ1) is 9.00. The summed E-state index contributed by atoms with van der Waals surface area (Å²) in [5.74, 6) is 0.477. The van der Waals surface area contributed by atoms with E-state index in [1.54, 1.807) is 0 Å². The van der Waals surface area contributed by atoms with E-state index in [0.717, 1.165) is 6.42 Å². The van der Waals surface area contributed by atoms with Crippen LogP contribution in [0.1, 0.15) is 56.0 Å². The van der Waals surface area contributed by atoms with Crippen LogP contribution in [0, 0.1) is 0 Å². The van der Waals surface area contributed by atoms with Crippen molar-refractivity contribution in [3.63, 3.8) is 0 Å². The lowest BCUT2D eigenvalue weighted by atomic mass is 10.0. The molecule has 0 unspecified atom stereocenters. The maximum atomic E-state index is 11.9. The molecule has 3 nitrogen and oxygen atoms in total. The quantitative estimate of drug-likeness (QED) is 0.766. The number of carbonyl (C=O) groups excluding carboxylic acids is 1. The van der Waals surface area contributed by atoms with E-state index in [-0.39, 0.29) is 12.0 Å². The lowest BCUT2D eigenvalue weighted by molar-refractivity contribution is 0.0757. The maximum Gasteiger partial charge on any atom is 0.251 e. The number of rotatable bonds is 7. The van der Waals surface area contributed by atoms with Crippen LogP contribution in [0.5, 0.6) is 0 Å². The van der Waals surface area contributed by atoms with Gasteiger partial charge in [-0.3, -0.25) is 4.79 Å². The Balaban J connectivity index is 2.33. The van der Waals surface area contributed by atoms with Crippen molar-refractivity contribution < 1.29 is 9.53 Å². The van der Waals surface area contributed by atoms with E-state index < -0.39 is 0 Å². The third kappa shape index (κ3) is 5.88. The van der Waals surface area contributed by atoms with Crippen molar-refractivity contribution in [2.24, 2.45) is 0 Å². The van der Waals surface area contributed by atoms with Gasteiger partial charge in [-0.2, -0.15) is 0 Å². The molecular weight excluding hydrogens is 238 g/mol. The van der Waals surface area contributed by atoms with E-state index in [2.05, 4.69) is 19.2 Å². The summed E-state index contributed by atoms with van der Waals surface area (Å²) in [5.41, 5.74) is 1.97. The van der Waals surface area contributed by atoms with Gasteiger partial charge in [0.25, 0.3) is 5.91 Å². The van der Waals surface area contributed by atoms with Gasteiger partial charge < -0.3 is 10.1 Å². The second kappa shape index (κ2) is 7.95. The van der Waals surface area contributed by atoms with Crippen LogP contribution in [-0.4, -0.2) is 25.2 Å². The second-order valence-corrected chi connectivity index (χ2v) is 5.31. The molecule has 106 valence electrons. The predicted octanol–water partition coefficient (Wildman–Crippen LogP) is 3.35. The largest absolute Gasteiger partial charge is 0.379 e. The van der Waals surface area contributed by atoms with Crippen LogP contribution in [0.15, 0.2) is 24.3 Å². The summed E-state index contributed by atoms with van der Waals surface area (Å²) in [7, 11) is 0. The van der Waals surface area contributed by atoms with Gasteiger partial charge in [0.1, 0.15) is 0 Å². The van der Waals surface area contributed by atoms with Gasteiger partial charge in [0.15, 0.2) is 0 Å². The number of benzene rings is 1. The molecule has 0 saturated heterocycles. The van der Waals surface area contributed by atoms with Gasteiger partial charge in [-0.05, 0) is 43.9 Å². The molecule has 1 N–H and O–H groups in total. The van der Waals surface area contributed by atoms with Crippen LogP contribution in [0.2, 0.25) is 0 Å². The molecule has 0 heterocycles. The SMILES string of the molecule is CC(C)OCCCNC(=O)c1ccc(C(C)C)cc1. The molecule has 0 fully saturated rings. The third-order valence-electron chi connectivity index (χ3n) is 2.90. The number of hydrogen-bond donors (Lipinski definition) is 1. The minimum atomic E-state index is -0.0140. The average molecular weight is 263 g/mol. The average Bonchev–Trinajstić information content (AvgIpc) is 2.37. The molecule has 0 saturated carbocycles. The number of hydrogen-bond acceptors (Lipinski definition) is 2. The van der Waals surface area contributed by atoms with Crippen LogP contribution in [0.3, 0.4) is 0 Å². The van der Waals surface area contributed by atoms with Crippen molar-refractivity contribution in [3.8, 4) is 0 Å². The van der Waals surface area contributed by atoms with Crippen LogP contribution in [-0.2, 0) is 4.74 Å². The highest BCUT2D eigenvalue weighted by Crippen LogP contribution is 2.14. The summed E-state index contributed by atoms with van der Waals surface area (Å²) in [6.45, 7) is 9.64. The van der Waals surface area contributed by atoms with Crippen LogP contribution in [0.25, 0.3) is 0 Å². The Labute approximate surface area is 116 Å². The molecule has 1 aromatic carbocycles. The zero-order chi connectivity index (χ0) is 14.3. The van der Waals surface area contributed by atoms with Gasteiger partial charge in [-0.1, -0.05) is 26.0 Å². The van der Waals surface area contributed by atoms with Crippen molar-refractivity contribution in [2.75, 3.05) is 13.2 Å².